The SMILES string of the molecule is O=c1c(Cc2ccc(F)cc2)nn2cnnc2n1CCO. The maximum absolute atomic E-state index is 12.9. The van der Waals surface area contributed by atoms with E-state index in [4.69, 9.17) is 5.11 Å². The second-order valence-electron chi connectivity index (χ2n) is 4.51. The Morgan fingerprint density at radius 3 is 2.71 bits per heavy atom. The quantitative estimate of drug-likeness (QED) is 0.731. The highest BCUT2D eigenvalue weighted by molar-refractivity contribution is 5.27. The predicted molar refractivity (Wildman–Crippen MR) is 71.3 cm³/mol. The van der Waals surface area contributed by atoms with Gasteiger partial charge in [0.25, 0.3) is 11.3 Å². The highest BCUT2D eigenvalue weighted by Crippen LogP contribution is 2.07. The Bertz CT molecular complexity index is 825. The number of aromatic nitrogens is 5. The molecule has 1 aromatic carbocycles. The highest BCUT2D eigenvalue weighted by atomic mass is 19.1. The Hall–Kier alpha value is -2.61. The first-order valence-corrected chi connectivity index (χ1v) is 6.34. The molecule has 0 amide bonds. The monoisotopic (exact) mass is 289 g/mol. The van der Waals surface area contributed by atoms with Crippen molar-refractivity contribution in [1.82, 2.24) is 24.4 Å². The fourth-order valence-electron chi connectivity index (χ4n) is 2.10. The van der Waals surface area contributed by atoms with Crippen molar-refractivity contribution >= 4 is 5.78 Å². The van der Waals surface area contributed by atoms with E-state index in [0.717, 1.165) is 5.56 Å². The molecule has 0 radical (unpaired) electrons. The topological polar surface area (TPSA) is 85.3 Å². The van der Waals surface area contributed by atoms with Crippen LogP contribution in [0, 0.1) is 5.82 Å². The third kappa shape index (κ3) is 2.52. The zero-order valence-electron chi connectivity index (χ0n) is 11.0. The minimum absolute atomic E-state index is 0.111. The van der Waals surface area contributed by atoms with Crippen LogP contribution in [-0.4, -0.2) is 36.1 Å². The van der Waals surface area contributed by atoms with E-state index < -0.39 is 0 Å². The number of benzene rings is 1. The summed E-state index contributed by atoms with van der Waals surface area (Å²) in [5, 5.41) is 20.8. The molecule has 0 aliphatic carbocycles. The lowest BCUT2D eigenvalue weighted by atomic mass is 10.1. The Labute approximate surface area is 118 Å². The lowest BCUT2D eigenvalue weighted by molar-refractivity contribution is 0.274. The molecule has 0 aliphatic rings. The van der Waals surface area contributed by atoms with Gasteiger partial charge in [-0.3, -0.25) is 9.36 Å². The molecule has 21 heavy (non-hydrogen) atoms. The molecule has 108 valence electrons. The normalized spacial score (nSPS) is 11.1. The van der Waals surface area contributed by atoms with Gasteiger partial charge in [0.15, 0.2) is 0 Å². The van der Waals surface area contributed by atoms with Gasteiger partial charge >= 0.3 is 0 Å². The van der Waals surface area contributed by atoms with Crippen LogP contribution in [0.4, 0.5) is 4.39 Å². The van der Waals surface area contributed by atoms with Crippen molar-refractivity contribution in [3.63, 3.8) is 0 Å². The Morgan fingerprint density at radius 1 is 1.24 bits per heavy atom. The summed E-state index contributed by atoms with van der Waals surface area (Å²) in [6.45, 7) is -0.0810. The van der Waals surface area contributed by atoms with Gasteiger partial charge in [-0.15, -0.1) is 10.2 Å². The van der Waals surface area contributed by atoms with E-state index in [9.17, 15) is 9.18 Å². The van der Waals surface area contributed by atoms with Gasteiger partial charge in [0.05, 0.1) is 13.2 Å². The maximum Gasteiger partial charge on any atom is 0.277 e. The largest absolute Gasteiger partial charge is 0.395 e. The molecule has 2 heterocycles. The van der Waals surface area contributed by atoms with Gasteiger partial charge in [0.1, 0.15) is 17.8 Å². The maximum atomic E-state index is 12.9. The molecule has 3 rings (SSSR count). The number of aliphatic hydroxyl groups is 1. The van der Waals surface area contributed by atoms with Crippen LogP contribution in [0.1, 0.15) is 11.3 Å². The predicted octanol–water partition coefficient (Wildman–Crippen LogP) is 0.00820. The third-order valence-electron chi connectivity index (χ3n) is 3.08. The molecular weight excluding hydrogens is 277 g/mol. The number of hydrogen-bond acceptors (Lipinski definition) is 5. The van der Waals surface area contributed by atoms with E-state index in [2.05, 4.69) is 15.3 Å². The van der Waals surface area contributed by atoms with Gasteiger partial charge in [0.2, 0.25) is 0 Å². The molecule has 7 nitrogen and oxygen atoms in total. The van der Waals surface area contributed by atoms with Crippen LogP contribution in [0.5, 0.6) is 0 Å². The summed E-state index contributed by atoms with van der Waals surface area (Å²) in [4.78, 5) is 12.4. The Kier molecular flexibility index (Phi) is 3.44. The number of halogens is 1. The molecule has 0 spiro atoms. The second kappa shape index (κ2) is 5.41. The molecule has 2 aromatic heterocycles. The van der Waals surface area contributed by atoms with Gasteiger partial charge < -0.3 is 5.11 Å². The Balaban J connectivity index is 2.07. The first kappa shape index (κ1) is 13.4. The molecular formula is C13H12FN5O2. The fourth-order valence-corrected chi connectivity index (χ4v) is 2.10. The van der Waals surface area contributed by atoms with Crippen molar-refractivity contribution in [3.05, 3.63) is 58.0 Å². The van der Waals surface area contributed by atoms with Crippen LogP contribution < -0.4 is 5.56 Å². The van der Waals surface area contributed by atoms with E-state index in [1.807, 2.05) is 0 Å². The third-order valence-corrected chi connectivity index (χ3v) is 3.08. The first-order chi connectivity index (χ1) is 10.2. The molecule has 0 atom stereocenters. The molecule has 1 N–H and O–H groups in total. The van der Waals surface area contributed by atoms with Gasteiger partial charge in [0, 0.05) is 6.42 Å². The van der Waals surface area contributed by atoms with Crippen LogP contribution >= 0.6 is 0 Å². The first-order valence-electron chi connectivity index (χ1n) is 6.34. The van der Waals surface area contributed by atoms with Gasteiger partial charge in [-0.1, -0.05) is 12.1 Å². The summed E-state index contributed by atoms with van der Waals surface area (Å²) in [6.07, 6.45) is 1.65. The molecule has 8 heteroatoms. The fraction of sp³-hybridized carbons (Fsp3) is 0.231. The van der Waals surface area contributed by atoms with Gasteiger partial charge in [-0.05, 0) is 17.7 Å². The lowest BCUT2D eigenvalue weighted by Crippen LogP contribution is -2.29. The van der Waals surface area contributed by atoms with E-state index >= 15 is 0 Å². The van der Waals surface area contributed by atoms with Gasteiger partial charge in [-0.2, -0.15) is 9.61 Å². The number of hydrogen-bond donors (Lipinski definition) is 1. The van der Waals surface area contributed by atoms with Crippen molar-refractivity contribution in [2.24, 2.45) is 0 Å². The summed E-state index contributed by atoms with van der Waals surface area (Å²) < 4.78 is 15.6. The summed E-state index contributed by atoms with van der Waals surface area (Å²) >= 11 is 0. The van der Waals surface area contributed by atoms with E-state index in [1.54, 1.807) is 12.1 Å². The van der Waals surface area contributed by atoms with Crippen molar-refractivity contribution in [1.29, 1.82) is 0 Å². The van der Waals surface area contributed by atoms with Crippen LogP contribution in [-0.2, 0) is 13.0 Å². The van der Waals surface area contributed by atoms with Crippen molar-refractivity contribution in [2.45, 2.75) is 13.0 Å². The van der Waals surface area contributed by atoms with Crippen LogP contribution in [0.2, 0.25) is 0 Å². The van der Waals surface area contributed by atoms with Gasteiger partial charge in [-0.25, -0.2) is 4.39 Å². The Morgan fingerprint density at radius 2 is 2.00 bits per heavy atom. The number of aliphatic hydroxyl groups excluding tert-OH is 1. The lowest BCUT2D eigenvalue weighted by Gasteiger charge is -2.07. The summed E-state index contributed by atoms with van der Waals surface area (Å²) in [5.41, 5.74) is 0.709. The number of fused-ring (bicyclic) bond motifs is 1. The average molecular weight is 289 g/mol. The molecule has 3 aromatic rings. The molecule has 0 saturated carbocycles. The zero-order valence-corrected chi connectivity index (χ0v) is 11.0. The molecule has 0 unspecified atom stereocenters. The summed E-state index contributed by atoms with van der Waals surface area (Å²) in [6, 6.07) is 5.87. The van der Waals surface area contributed by atoms with Crippen molar-refractivity contribution in [2.75, 3.05) is 6.61 Å². The minimum Gasteiger partial charge on any atom is -0.395 e. The molecule has 0 fully saturated rings. The summed E-state index contributed by atoms with van der Waals surface area (Å²) in [7, 11) is 0. The smallest absolute Gasteiger partial charge is 0.277 e. The average Bonchev–Trinajstić information content (AvgIpc) is 2.94. The standard InChI is InChI=1S/C13H12FN5O2/c14-10-3-1-9(2-4-10)7-11-12(21)18(5-6-20)13-16-15-8-19(13)17-11/h1-4,8,20H,5-7H2. The molecule has 0 saturated heterocycles. The molecule has 0 bridgehead atoms. The van der Waals surface area contributed by atoms with Crippen molar-refractivity contribution in [3.8, 4) is 0 Å². The second-order valence-corrected chi connectivity index (χ2v) is 4.51. The zero-order chi connectivity index (χ0) is 14.8. The van der Waals surface area contributed by atoms with E-state index in [-0.39, 0.29) is 42.4 Å². The summed E-state index contributed by atoms with van der Waals surface area (Å²) in [5.74, 6) is -0.0597. The minimum atomic E-state index is -0.339. The number of nitrogens with zero attached hydrogens (tertiary/aromatic N) is 5. The van der Waals surface area contributed by atoms with Crippen LogP contribution in [0.15, 0.2) is 35.4 Å². The van der Waals surface area contributed by atoms with E-state index in [1.165, 1.54) is 27.5 Å². The van der Waals surface area contributed by atoms with Crippen LogP contribution in [0.25, 0.3) is 5.78 Å². The highest BCUT2D eigenvalue weighted by Gasteiger charge is 2.13. The van der Waals surface area contributed by atoms with Crippen LogP contribution in [0.3, 0.4) is 0 Å². The number of rotatable bonds is 4. The molecule has 0 aliphatic heterocycles. The van der Waals surface area contributed by atoms with Crippen molar-refractivity contribution < 1.29 is 9.50 Å². The van der Waals surface area contributed by atoms with E-state index in [0.29, 0.717) is 0 Å².